The predicted molar refractivity (Wildman–Crippen MR) is 70.4 cm³/mol. The minimum Gasteiger partial charge on any atom is -0.477 e. The third kappa shape index (κ3) is 2.34. The molecule has 0 amide bonds. The summed E-state index contributed by atoms with van der Waals surface area (Å²) in [5.41, 5.74) is 0.547. The van der Waals surface area contributed by atoms with E-state index in [-0.39, 0.29) is 5.69 Å². The second-order valence-corrected chi connectivity index (χ2v) is 5.02. The number of hydrogen-bond acceptors (Lipinski definition) is 1. The molecule has 0 saturated carbocycles. The lowest BCUT2D eigenvalue weighted by atomic mass is 10.3. The zero-order chi connectivity index (χ0) is 12.6. The molecule has 0 aliphatic heterocycles. The highest BCUT2D eigenvalue weighted by atomic mass is 79.9. The molecule has 17 heavy (non-hydrogen) atoms. The van der Waals surface area contributed by atoms with E-state index < -0.39 is 5.97 Å². The molecule has 2 rings (SSSR count). The van der Waals surface area contributed by atoms with Crippen molar-refractivity contribution in [3.05, 3.63) is 50.7 Å². The highest BCUT2D eigenvalue weighted by molar-refractivity contribution is 9.10. The smallest absolute Gasteiger partial charge is 0.352 e. The highest BCUT2D eigenvalue weighted by Crippen LogP contribution is 2.31. The topological polar surface area (TPSA) is 42.2 Å². The zero-order valence-electron chi connectivity index (χ0n) is 8.32. The van der Waals surface area contributed by atoms with Crippen LogP contribution >= 0.6 is 39.1 Å². The number of carbonyl (C=O) groups is 1. The number of carboxylic acid groups (broad SMARTS) is 1. The Morgan fingerprint density at radius 2 is 1.88 bits per heavy atom. The minimum atomic E-state index is -1.05. The monoisotopic (exact) mass is 333 g/mol. The van der Waals surface area contributed by atoms with Crippen LogP contribution in [0.4, 0.5) is 0 Å². The Morgan fingerprint density at radius 1 is 1.29 bits per heavy atom. The normalized spacial score (nSPS) is 10.5. The fourth-order valence-electron chi connectivity index (χ4n) is 1.50. The van der Waals surface area contributed by atoms with Gasteiger partial charge in [0.2, 0.25) is 0 Å². The minimum absolute atomic E-state index is 0.0897. The van der Waals surface area contributed by atoms with Gasteiger partial charge in [0, 0.05) is 10.7 Å². The lowest BCUT2D eigenvalue weighted by molar-refractivity contribution is 0.0688. The van der Waals surface area contributed by atoms with Crippen molar-refractivity contribution in [3.63, 3.8) is 0 Å². The fourth-order valence-corrected chi connectivity index (χ4v) is 2.50. The Bertz CT molecular complexity index is 575. The average molecular weight is 335 g/mol. The predicted octanol–water partition coefficient (Wildman–Crippen LogP) is 4.24. The van der Waals surface area contributed by atoms with E-state index in [4.69, 9.17) is 28.3 Å². The van der Waals surface area contributed by atoms with Crippen LogP contribution in [0.25, 0.3) is 5.69 Å². The van der Waals surface area contributed by atoms with E-state index in [1.54, 1.807) is 24.4 Å². The Morgan fingerprint density at radius 3 is 2.41 bits per heavy atom. The van der Waals surface area contributed by atoms with Crippen molar-refractivity contribution in [3.8, 4) is 5.69 Å². The maximum atomic E-state index is 11.1. The summed E-state index contributed by atoms with van der Waals surface area (Å²) in [4.78, 5) is 11.1. The van der Waals surface area contributed by atoms with Gasteiger partial charge >= 0.3 is 5.97 Å². The second kappa shape index (κ2) is 4.72. The summed E-state index contributed by atoms with van der Waals surface area (Å²) in [5.74, 6) is -1.05. The quantitative estimate of drug-likeness (QED) is 0.892. The van der Waals surface area contributed by atoms with E-state index in [0.29, 0.717) is 20.2 Å². The molecule has 0 aliphatic rings. The summed E-state index contributed by atoms with van der Waals surface area (Å²) in [6, 6.07) is 6.50. The number of halogens is 3. The summed E-state index contributed by atoms with van der Waals surface area (Å²) in [7, 11) is 0. The van der Waals surface area contributed by atoms with E-state index in [0.717, 1.165) is 0 Å². The maximum absolute atomic E-state index is 11.1. The van der Waals surface area contributed by atoms with Crippen molar-refractivity contribution in [1.29, 1.82) is 0 Å². The van der Waals surface area contributed by atoms with Crippen LogP contribution in [-0.2, 0) is 0 Å². The van der Waals surface area contributed by atoms with E-state index in [9.17, 15) is 4.79 Å². The average Bonchev–Trinajstić information content (AvgIpc) is 2.60. The Hall–Kier alpha value is -0.970. The Kier molecular flexibility index (Phi) is 3.47. The molecule has 1 N–H and O–H groups in total. The van der Waals surface area contributed by atoms with Crippen LogP contribution in [0.3, 0.4) is 0 Å². The third-order valence-electron chi connectivity index (χ3n) is 2.18. The van der Waals surface area contributed by atoms with Gasteiger partial charge in [0.1, 0.15) is 5.69 Å². The standard InChI is InChI=1S/C11H6BrCl2NO2/c12-6-4-9(11(16)17)15(5-6)10-7(13)2-1-3-8(10)14/h1-5H,(H,16,17). The molecular weight excluding hydrogens is 329 g/mol. The number of para-hydroxylation sites is 1. The summed E-state index contributed by atoms with van der Waals surface area (Å²) < 4.78 is 2.09. The zero-order valence-corrected chi connectivity index (χ0v) is 11.4. The van der Waals surface area contributed by atoms with Crippen LogP contribution < -0.4 is 0 Å². The number of aromatic carboxylic acids is 1. The van der Waals surface area contributed by atoms with Gasteiger partial charge in [0.05, 0.1) is 15.7 Å². The first-order valence-electron chi connectivity index (χ1n) is 4.56. The molecule has 0 atom stereocenters. The van der Waals surface area contributed by atoms with Crippen molar-refractivity contribution >= 4 is 45.1 Å². The van der Waals surface area contributed by atoms with Crippen molar-refractivity contribution < 1.29 is 9.90 Å². The van der Waals surface area contributed by atoms with Crippen molar-refractivity contribution in [1.82, 2.24) is 4.57 Å². The van der Waals surface area contributed by atoms with E-state index in [1.807, 2.05) is 0 Å². The molecule has 0 fully saturated rings. The Balaban J connectivity index is 2.72. The first-order chi connectivity index (χ1) is 8.00. The van der Waals surface area contributed by atoms with E-state index >= 15 is 0 Å². The molecule has 0 saturated heterocycles. The lowest BCUT2D eigenvalue weighted by Crippen LogP contribution is -2.06. The Labute approximate surface area is 116 Å². The summed E-state index contributed by atoms with van der Waals surface area (Å²) >= 11 is 15.3. The molecule has 0 unspecified atom stereocenters. The number of hydrogen-bond donors (Lipinski definition) is 1. The molecule has 0 radical (unpaired) electrons. The molecule has 1 heterocycles. The molecule has 1 aromatic heterocycles. The summed E-state index contributed by atoms with van der Waals surface area (Å²) in [6.07, 6.45) is 1.61. The second-order valence-electron chi connectivity index (χ2n) is 3.29. The molecule has 88 valence electrons. The number of nitrogens with zero attached hydrogens (tertiary/aromatic N) is 1. The first kappa shape index (κ1) is 12.5. The van der Waals surface area contributed by atoms with Gasteiger partial charge in [-0.3, -0.25) is 0 Å². The van der Waals surface area contributed by atoms with Crippen LogP contribution in [-0.4, -0.2) is 15.6 Å². The molecule has 0 spiro atoms. The molecule has 1 aromatic carbocycles. The fraction of sp³-hybridized carbons (Fsp3) is 0. The molecular formula is C11H6BrCl2NO2. The maximum Gasteiger partial charge on any atom is 0.352 e. The SMILES string of the molecule is O=C(O)c1cc(Br)cn1-c1c(Cl)cccc1Cl. The molecule has 6 heteroatoms. The van der Waals surface area contributed by atoms with Gasteiger partial charge in [-0.1, -0.05) is 29.3 Å². The largest absolute Gasteiger partial charge is 0.477 e. The summed E-state index contributed by atoms with van der Waals surface area (Å²) in [5, 5.41) is 9.88. The number of benzene rings is 1. The van der Waals surface area contributed by atoms with Crippen LogP contribution in [0.15, 0.2) is 34.9 Å². The van der Waals surface area contributed by atoms with Gasteiger partial charge in [-0.15, -0.1) is 0 Å². The van der Waals surface area contributed by atoms with Crippen LogP contribution in [0, 0.1) is 0 Å². The molecule has 0 aliphatic carbocycles. The van der Waals surface area contributed by atoms with Gasteiger partial charge in [-0.25, -0.2) is 4.79 Å². The van der Waals surface area contributed by atoms with Crippen LogP contribution in [0.2, 0.25) is 10.0 Å². The number of rotatable bonds is 2. The van der Waals surface area contributed by atoms with Gasteiger partial charge in [0.25, 0.3) is 0 Å². The summed E-state index contributed by atoms with van der Waals surface area (Å²) in [6.45, 7) is 0. The van der Waals surface area contributed by atoms with Crippen molar-refractivity contribution in [2.24, 2.45) is 0 Å². The van der Waals surface area contributed by atoms with Gasteiger partial charge in [0.15, 0.2) is 0 Å². The van der Waals surface area contributed by atoms with Crippen molar-refractivity contribution in [2.75, 3.05) is 0 Å². The highest BCUT2D eigenvalue weighted by Gasteiger charge is 2.16. The molecule has 3 nitrogen and oxygen atoms in total. The van der Waals surface area contributed by atoms with Crippen molar-refractivity contribution in [2.45, 2.75) is 0 Å². The molecule has 2 aromatic rings. The van der Waals surface area contributed by atoms with E-state index in [2.05, 4.69) is 15.9 Å². The number of aromatic nitrogens is 1. The molecule has 0 bridgehead atoms. The van der Waals surface area contributed by atoms with Gasteiger partial charge in [-0.05, 0) is 34.1 Å². The van der Waals surface area contributed by atoms with Gasteiger partial charge in [-0.2, -0.15) is 0 Å². The van der Waals surface area contributed by atoms with Gasteiger partial charge < -0.3 is 9.67 Å². The first-order valence-corrected chi connectivity index (χ1v) is 6.11. The lowest BCUT2D eigenvalue weighted by Gasteiger charge is -2.10. The third-order valence-corrected chi connectivity index (χ3v) is 3.23. The number of carboxylic acids is 1. The van der Waals surface area contributed by atoms with Crippen LogP contribution in [0.5, 0.6) is 0 Å². The van der Waals surface area contributed by atoms with Crippen LogP contribution in [0.1, 0.15) is 10.5 Å². The van der Waals surface area contributed by atoms with E-state index in [1.165, 1.54) is 10.6 Å².